The van der Waals surface area contributed by atoms with Crippen LogP contribution in [0.1, 0.15) is 50.6 Å². The highest BCUT2D eigenvalue weighted by atomic mass is 16.5. The van der Waals surface area contributed by atoms with E-state index in [0.29, 0.717) is 19.7 Å². The van der Waals surface area contributed by atoms with Crippen molar-refractivity contribution in [2.45, 2.75) is 53.0 Å². The second kappa shape index (κ2) is 9.59. The number of aromatic nitrogens is 2. The minimum atomic E-state index is -0.0959. The van der Waals surface area contributed by atoms with Crippen molar-refractivity contribution in [3.05, 3.63) is 17.0 Å². The van der Waals surface area contributed by atoms with Crippen LogP contribution in [0.4, 0.5) is 0 Å². The van der Waals surface area contributed by atoms with E-state index in [2.05, 4.69) is 34.2 Å². The lowest BCUT2D eigenvalue weighted by Gasteiger charge is -2.34. The lowest BCUT2D eigenvalue weighted by atomic mass is 9.98. The summed E-state index contributed by atoms with van der Waals surface area (Å²) < 4.78 is 7.18. The fourth-order valence-electron chi connectivity index (χ4n) is 3.72. The fourth-order valence-corrected chi connectivity index (χ4v) is 3.72. The zero-order chi connectivity index (χ0) is 19.1. The number of guanidine groups is 1. The molecule has 1 fully saturated rings. The maximum absolute atomic E-state index is 12.1. The Morgan fingerprint density at radius 1 is 1.35 bits per heavy atom. The third-order valence-corrected chi connectivity index (χ3v) is 5.00. The van der Waals surface area contributed by atoms with Crippen molar-refractivity contribution in [3.63, 3.8) is 0 Å². The number of nitrogens with one attached hydrogen (secondary N) is 1. The summed E-state index contributed by atoms with van der Waals surface area (Å²) in [6, 6.07) is 0. The van der Waals surface area contributed by atoms with E-state index in [1.165, 1.54) is 11.3 Å². The molecule has 7 nitrogen and oxygen atoms in total. The van der Waals surface area contributed by atoms with E-state index < -0.39 is 0 Å². The van der Waals surface area contributed by atoms with Gasteiger partial charge in [0.2, 0.25) is 0 Å². The molecule has 1 aliphatic rings. The van der Waals surface area contributed by atoms with Crippen molar-refractivity contribution in [1.29, 1.82) is 0 Å². The predicted octanol–water partition coefficient (Wildman–Crippen LogP) is 1.90. The third kappa shape index (κ3) is 4.56. The topological polar surface area (TPSA) is 71.8 Å². The quantitative estimate of drug-likeness (QED) is 0.475. The van der Waals surface area contributed by atoms with Gasteiger partial charge in [-0.15, -0.1) is 0 Å². The van der Waals surface area contributed by atoms with Crippen molar-refractivity contribution in [2.75, 3.05) is 26.7 Å². The molecule has 1 aliphatic heterocycles. The van der Waals surface area contributed by atoms with E-state index in [-0.39, 0.29) is 11.9 Å². The van der Waals surface area contributed by atoms with Crippen LogP contribution < -0.4 is 5.32 Å². The van der Waals surface area contributed by atoms with Gasteiger partial charge in [0.05, 0.1) is 18.2 Å². The summed E-state index contributed by atoms with van der Waals surface area (Å²) in [6.45, 7) is 8.84. The number of aliphatic imine (C=N–C) groups is 1. The second-order valence-electron chi connectivity index (χ2n) is 6.64. The van der Waals surface area contributed by atoms with Crippen LogP contribution in [-0.4, -0.2) is 53.4 Å². The zero-order valence-corrected chi connectivity index (χ0v) is 16.8. The van der Waals surface area contributed by atoms with E-state index in [9.17, 15) is 4.79 Å². The molecule has 1 saturated heterocycles. The number of piperidine rings is 1. The molecular weight excluding hydrogens is 330 g/mol. The Bertz CT molecular complexity index is 638. The van der Waals surface area contributed by atoms with E-state index in [0.717, 1.165) is 43.9 Å². The first-order chi connectivity index (χ1) is 12.5. The average Bonchev–Trinajstić information content (AvgIpc) is 2.97. The Kier molecular flexibility index (Phi) is 7.48. The molecule has 7 heteroatoms. The Morgan fingerprint density at radius 3 is 2.73 bits per heavy atom. The number of nitrogens with zero attached hydrogens (tertiary/aromatic N) is 4. The van der Waals surface area contributed by atoms with Crippen LogP contribution in [-0.2, 0) is 36.0 Å². The summed E-state index contributed by atoms with van der Waals surface area (Å²) in [5, 5.41) is 8.11. The molecule has 0 spiro atoms. The zero-order valence-electron chi connectivity index (χ0n) is 16.8. The summed E-state index contributed by atoms with van der Waals surface area (Å²) in [6.07, 6.45) is 3.72. The van der Waals surface area contributed by atoms with Crippen molar-refractivity contribution in [3.8, 4) is 0 Å². The molecular formula is C19H33N5O2. The van der Waals surface area contributed by atoms with Gasteiger partial charge in [0, 0.05) is 45.0 Å². The highest BCUT2D eigenvalue weighted by Crippen LogP contribution is 2.19. The van der Waals surface area contributed by atoms with Gasteiger partial charge < -0.3 is 15.0 Å². The average molecular weight is 364 g/mol. The molecule has 1 aromatic rings. The Hall–Kier alpha value is -2.05. The van der Waals surface area contributed by atoms with Crippen LogP contribution in [0, 0.1) is 5.92 Å². The molecule has 1 unspecified atom stereocenters. The van der Waals surface area contributed by atoms with Gasteiger partial charge in [-0.1, -0.05) is 13.8 Å². The van der Waals surface area contributed by atoms with Crippen molar-refractivity contribution < 1.29 is 9.53 Å². The summed E-state index contributed by atoms with van der Waals surface area (Å²) in [7, 11) is 3.80. The number of ether oxygens (including phenoxy) is 1. The van der Waals surface area contributed by atoms with Gasteiger partial charge in [-0.05, 0) is 32.6 Å². The maximum atomic E-state index is 12.1. The second-order valence-corrected chi connectivity index (χ2v) is 6.64. The number of esters is 1. The predicted molar refractivity (Wildman–Crippen MR) is 103 cm³/mol. The third-order valence-electron chi connectivity index (χ3n) is 5.00. The van der Waals surface area contributed by atoms with Crippen molar-refractivity contribution in [2.24, 2.45) is 18.0 Å². The number of carbonyl (C=O) groups is 1. The van der Waals surface area contributed by atoms with Crippen molar-refractivity contribution in [1.82, 2.24) is 20.0 Å². The van der Waals surface area contributed by atoms with Gasteiger partial charge >= 0.3 is 5.97 Å². The van der Waals surface area contributed by atoms with Gasteiger partial charge in [0.25, 0.3) is 0 Å². The smallest absolute Gasteiger partial charge is 0.310 e. The minimum Gasteiger partial charge on any atom is -0.466 e. The van der Waals surface area contributed by atoms with E-state index >= 15 is 0 Å². The van der Waals surface area contributed by atoms with E-state index in [4.69, 9.17) is 4.74 Å². The first-order valence-corrected chi connectivity index (χ1v) is 9.71. The molecule has 0 bridgehead atoms. The van der Waals surface area contributed by atoms with Crippen LogP contribution >= 0.6 is 0 Å². The monoisotopic (exact) mass is 363 g/mol. The summed E-state index contributed by atoms with van der Waals surface area (Å²) in [5.41, 5.74) is 3.65. The van der Waals surface area contributed by atoms with Gasteiger partial charge in [-0.3, -0.25) is 14.5 Å². The molecule has 1 atom stereocenters. The first-order valence-electron chi connectivity index (χ1n) is 9.71. The maximum Gasteiger partial charge on any atom is 0.310 e. The van der Waals surface area contributed by atoms with Gasteiger partial charge in [0.15, 0.2) is 5.96 Å². The van der Waals surface area contributed by atoms with Crippen LogP contribution in [0.2, 0.25) is 0 Å². The Labute approximate surface area is 156 Å². The largest absolute Gasteiger partial charge is 0.466 e. The first kappa shape index (κ1) is 20.3. The molecule has 1 N–H and O–H groups in total. The number of likely N-dealkylation sites (tertiary alicyclic amines) is 1. The number of hydrogen-bond acceptors (Lipinski definition) is 4. The number of aryl methyl sites for hydroxylation is 2. The van der Waals surface area contributed by atoms with Gasteiger partial charge in [-0.25, -0.2) is 0 Å². The summed E-state index contributed by atoms with van der Waals surface area (Å²) in [4.78, 5) is 18.7. The van der Waals surface area contributed by atoms with Gasteiger partial charge in [-0.2, -0.15) is 5.10 Å². The Morgan fingerprint density at radius 2 is 2.12 bits per heavy atom. The summed E-state index contributed by atoms with van der Waals surface area (Å²) >= 11 is 0. The molecule has 0 saturated carbocycles. The highest BCUT2D eigenvalue weighted by Gasteiger charge is 2.28. The van der Waals surface area contributed by atoms with Crippen molar-refractivity contribution >= 4 is 11.9 Å². The van der Waals surface area contributed by atoms with Gasteiger partial charge in [0.1, 0.15) is 0 Å². The van der Waals surface area contributed by atoms with E-state index in [1.54, 1.807) is 7.05 Å². The number of rotatable bonds is 6. The highest BCUT2D eigenvalue weighted by molar-refractivity contribution is 5.81. The number of hydrogen-bond donors (Lipinski definition) is 1. The molecule has 0 aliphatic carbocycles. The molecule has 2 rings (SSSR count). The SMILES string of the molecule is CCOC(=O)C1CCCN(C(=NC)NCc2c(CC)nn(C)c2CC)C1. The summed E-state index contributed by atoms with van der Waals surface area (Å²) in [5.74, 6) is 0.673. The Balaban J connectivity index is 2.05. The fraction of sp³-hybridized carbons (Fsp3) is 0.737. The molecule has 26 heavy (non-hydrogen) atoms. The normalized spacial score (nSPS) is 18.1. The van der Waals surface area contributed by atoms with E-state index in [1.807, 2.05) is 18.7 Å². The molecule has 0 radical (unpaired) electrons. The molecule has 146 valence electrons. The lowest BCUT2D eigenvalue weighted by Crippen LogP contribution is -2.48. The molecule has 1 aromatic heterocycles. The lowest BCUT2D eigenvalue weighted by molar-refractivity contribution is -0.149. The van der Waals surface area contributed by atoms with Crippen LogP contribution in [0.5, 0.6) is 0 Å². The molecule has 0 amide bonds. The van der Waals surface area contributed by atoms with Crippen LogP contribution in [0.15, 0.2) is 4.99 Å². The van der Waals surface area contributed by atoms with Crippen LogP contribution in [0.25, 0.3) is 0 Å². The number of carbonyl (C=O) groups excluding carboxylic acids is 1. The molecule has 2 heterocycles. The van der Waals surface area contributed by atoms with Crippen LogP contribution in [0.3, 0.4) is 0 Å². The standard InChI is InChI=1S/C19H33N5O2/c1-6-16-15(17(7-2)23(5)22-16)12-21-19(20-4)24-11-9-10-14(13-24)18(25)26-8-3/h14H,6-13H2,1-5H3,(H,20,21). The minimum absolute atomic E-state index is 0.0713. The molecule has 0 aromatic carbocycles.